The van der Waals surface area contributed by atoms with Crippen LogP contribution in [-0.4, -0.2) is 52.0 Å². The van der Waals surface area contributed by atoms with Gasteiger partial charge in [-0.2, -0.15) is 5.10 Å². The number of hydrogen-bond acceptors (Lipinski definition) is 9. The maximum atomic E-state index is 12.2. The molecular weight excluding hydrogens is 472 g/mol. The van der Waals surface area contributed by atoms with E-state index in [2.05, 4.69) is 15.3 Å². The van der Waals surface area contributed by atoms with Crippen molar-refractivity contribution >= 4 is 28.4 Å². The minimum atomic E-state index is -0.521. The molecule has 0 atom stereocenters. The van der Waals surface area contributed by atoms with E-state index in [4.69, 9.17) is 24.3 Å². The third-order valence-corrected chi connectivity index (χ3v) is 5.82. The number of methoxy groups -OCH3 is 3. The first-order valence-electron chi connectivity index (χ1n) is 11.4. The summed E-state index contributed by atoms with van der Waals surface area (Å²) in [6.45, 7) is 0.561. The van der Waals surface area contributed by atoms with E-state index in [1.807, 2.05) is 53.2 Å². The molecule has 5 rings (SSSR count). The van der Waals surface area contributed by atoms with E-state index in [1.165, 1.54) is 20.4 Å². The molecule has 5 aromatic rings. The first kappa shape index (κ1) is 23.7. The Bertz CT molecular complexity index is 1570. The number of hydrogen-bond donors (Lipinski definition) is 1. The molecule has 3 aromatic heterocycles. The molecule has 3 heterocycles. The Kier molecular flexibility index (Phi) is 6.62. The molecule has 0 saturated heterocycles. The van der Waals surface area contributed by atoms with Gasteiger partial charge in [-0.3, -0.25) is 9.67 Å². The van der Waals surface area contributed by atoms with Crippen LogP contribution in [0.2, 0.25) is 0 Å². The summed E-state index contributed by atoms with van der Waals surface area (Å²) in [7, 11) is 4.48. The van der Waals surface area contributed by atoms with Gasteiger partial charge in [-0.1, -0.05) is 30.3 Å². The zero-order chi connectivity index (χ0) is 25.8. The van der Waals surface area contributed by atoms with E-state index >= 15 is 0 Å². The minimum absolute atomic E-state index is 0.265. The number of para-hydroxylation sites is 1. The van der Waals surface area contributed by atoms with Crippen LogP contribution in [0.3, 0.4) is 0 Å². The highest BCUT2D eigenvalue weighted by atomic mass is 16.5. The van der Waals surface area contributed by atoms with Gasteiger partial charge in [0.15, 0.2) is 17.4 Å². The Morgan fingerprint density at radius 2 is 1.78 bits per heavy atom. The van der Waals surface area contributed by atoms with Gasteiger partial charge >= 0.3 is 5.97 Å². The molecule has 1 N–H and O–H groups in total. The monoisotopic (exact) mass is 496 g/mol. The van der Waals surface area contributed by atoms with Crippen LogP contribution in [0.25, 0.3) is 22.4 Å². The van der Waals surface area contributed by atoms with Crippen molar-refractivity contribution in [2.45, 2.75) is 6.54 Å². The summed E-state index contributed by atoms with van der Waals surface area (Å²) in [6, 6.07) is 17.4. The Morgan fingerprint density at radius 3 is 2.54 bits per heavy atom. The third-order valence-electron chi connectivity index (χ3n) is 5.82. The van der Waals surface area contributed by atoms with Crippen molar-refractivity contribution in [2.75, 3.05) is 26.6 Å². The predicted octanol–water partition coefficient (Wildman–Crippen LogP) is 4.48. The number of nitrogens with zero attached hydrogens (tertiary/aromatic N) is 5. The molecule has 0 bridgehead atoms. The first-order chi connectivity index (χ1) is 18.1. The van der Waals surface area contributed by atoms with Crippen molar-refractivity contribution in [3.63, 3.8) is 0 Å². The molecule has 37 heavy (non-hydrogen) atoms. The lowest BCUT2D eigenvalue weighted by Crippen LogP contribution is -2.08. The second kappa shape index (κ2) is 10.3. The molecule has 10 heteroatoms. The fourth-order valence-electron chi connectivity index (χ4n) is 3.94. The fourth-order valence-corrected chi connectivity index (χ4v) is 3.94. The molecule has 0 unspecified atom stereocenters. The number of ether oxygens (including phenoxy) is 3. The summed E-state index contributed by atoms with van der Waals surface area (Å²) in [4.78, 5) is 25.5. The Morgan fingerprint density at radius 1 is 0.973 bits per heavy atom. The highest BCUT2D eigenvalue weighted by Gasteiger charge is 2.19. The molecule has 0 radical (unpaired) electrons. The maximum Gasteiger partial charge on any atom is 0.341 e. The van der Waals surface area contributed by atoms with Crippen LogP contribution in [-0.2, 0) is 11.3 Å². The number of nitrogens with one attached hydrogen (secondary N) is 1. The first-order valence-corrected chi connectivity index (χ1v) is 11.4. The second-order valence-corrected chi connectivity index (χ2v) is 8.02. The minimum Gasteiger partial charge on any atom is -0.497 e. The summed E-state index contributed by atoms with van der Waals surface area (Å²) in [5.74, 6) is 1.45. The third kappa shape index (κ3) is 4.76. The van der Waals surface area contributed by atoms with Crippen molar-refractivity contribution < 1.29 is 19.0 Å². The summed E-state index contributed by atoms with van der Waals surface area (Å²) in [6.07, 6.45) is 4.57. The van der Waals surface area contributed by atoms with E-state index in [1.54, 1.807) is 25.6 Å². The molecule has 0 aliphatic carbocycles. The van der Waals surface area contributed by atoms with Crippen molar-refractivity contribution in [2.24, 2.45) is 0 Å². The van der Waals surface area contributed by atoms with Crippen molar-refractivity contribution in [1.29, 1.82) is 0 Å². The highest BCUT2D eigenvalue weighted by molar-refractivity contribution is 5.96. The van der Waals surface area contributed by atoms with Gasteiger partial charge in [0.2, 0.25) is 0 Å². The normalized spacial score (nSPS) is 10.8. The van der Waals surface area contributed by atoms with E-state index in [0.29, 0.717) is 35.3 Å². The summed E-state index contributed by atoms with van der Waals surface area (Å²) in [5.41, 5.74) is 3.38. The summed E-state index contributed by atoms with van der Waals surface area (Å²) >= 11 is 0. The molecule has 0 fully saturated rings. The maximum absolute atomic E-state index is 12.2. The van der Waals surface area contributed by atoms with Crippen LogP contribution in [0.1, 0.15) is 15.9 Å². The van der Waals surface area contributed by atoms with E-state index in [0.717, 1.165) is 22.2 Å². The molecule has 0 amide bonds. The van der Waals surface area contributed by atoms with Crippen LogP contribution in [0, 0.1) is 0 Å². The van der Waals surface area contributed by atoms with E-state index in [9.17, 15) is 4.79 Å². The Labute approximate surface area is 212 Å². The predicted molar refractivity (Wildman–Crippen MR) is 138 cm³/mol. The average Bonchev–Trinajstić information content (AvgIpc) is 3.31. The Hall–Kier alpha value is -4.99. The van der Waals surface area contributed by atoms with Crippen LogP contribution >= 0.6 is 0 Å². The summed E-state index contributed by atoms with van der Waals surface area (Å²) in [5, 5.41) is 8.94. The smallest absolute Gasteiger partial charge is 0.341 e. The van der Waals surface area contributed by atoms with Gasteiger partial charge in [0.05, 0.1) is 45.3 Å². The lowest BCUT2D eigenvalue weighted by atomic mass is 10.2. The van der Waals surface area contributed by atoms with Crippen molar-refractivity contribution in [1.82, 2.24) is 24.7 Å². The molecule has 0 aliphatic heterocycles. The number of anilines is 2. The zero-order valence-corrected chi connectivity index (χ0v) is 20.5. The van der Waals surface area contributed by atoms with Crippen molar-refractivity contribution in [3.8, 4) is 23.0 Å². The lowest BCUT2D eigenvalue weighted by Gasteiger charge is -2.13. The van der Waals surface area contributed by atoms with Gasteiger partial charge in [0.1, 0.15) is 17.0 Å². The van der Waals surface area contributed by atoms with Gasteiger partial charge in [-0.15, -0.1) is 0 Å². The lowest BCUT2D eigenvalue weighted by molar-refractivity contribution is 0.0601. The molecule has 10 nitrogen and oxygen atoms in total. The number of fused-ring (bicyclic) bond motifs is 1. The number of aromatic nitrogens is 5. The number of carbonyl (C=O) groups excluding carboxylic acids is 1. The van der Waals surface area contributed by atoms with Crippen molar-refractivity contribution in [3.05, 3.63) is 84.3 Å². The molecule has 186 valence electrons. The number of pyridine rings is 1. The molecule has 0 aliphatic rings. The van der Waals surface area contributed by atoms with Gasteiger partial charge in [-0.05, 0) is 29.8 Å². The second-order valence-electron chi connectivity index (χ2n) is 8.02. The number of esters is 1. The largest absolute Gasteiger partial charge is 0.497 e. The van der Waals surface area contributed by atoms with Crippen LogP contribution < -0.4 is 14.8 Å². The fraction of sp³-hybridized carbons (Fsp3) is 0.148. The SMILES string of the molecule is COC(=O)c1cnccc1Nc1nc(-c2nn(Cc3ccc(OC)cc3)c3ccccc23)ncc1OC. The molecule has 0 spiro atoms. The number of rotatable bonds is 8. The van der Waals surface area contributed by atoms with Crippen LogP contribution in [0.15, 0.2) is 73.2 Å². The van der Waals surface area contributed by atoms with Gasteiger partial charge in [0, 0.05) is 17.8 Å². The van der Waals surface area contributed by atoms with Gasteiger partial charge in [0.25, 0.3) is 0 Å². The highest BCUT2D eigenvalue weighted by Crippen LogP contribution is 2.32. The Balaban J connectivity index is 1.55. The van der Waals surface area contributed by atoms with Gasteiger partial charge in [-0.25, -0.2) is 14.8 Å². The summed E-state index contributed by atoms with van der Waals surface area (Å²) < 4.78 is 17.5. The topological polar surface area (TPSA) is 113 Å². The standard InChI is InChI=1S/C27H24N6O4/c1-35-18-10-8-17(9-11-18)16-33-22-7-5-4-6-19(22)24(32-33)26-29-15-23(36-2)25(31-26)30-21-12-13-28-14-20(21)27(34)37-3/h4-15H,16H2,1-3H3,(H,28,29,30,31). The number of benzene rings is 2. The van der Waals surface area contributed by atoms with Crippen LogP contribution in [0.5, 0.6) is 11.5 Å². The quantitative estimate of drug-likeness (QED) is 0.311. The molecule has 0 saturated carbocycles. The van der Waals surface area contributed by atoms with E-state index in [-0.39, 0.29) is 5.56 Å². The average molecular weight is 497 g/mol. The zero-order valence-electron chi connectivity index (χ0n) is 20.5. The molecular formula is C27H24N6O4. The van der Waals surface area contributed by atoms with E-state index < -0.39 is 5.97 Å². The molecule has 2 aromatic carbocycles. The number of carbonyl (C=O) groups is 1. The van der Waals surface area contributed by atoms with Gasteiger partial charge < -0.3 is 19.5 Å². The van der Waals surface area contributed by atoms with Crippen LogP contribution in [0.4, 0.5) is 11.5 Å².